The molecular weight excluding hydrogens is 307 g/mol. The lowest BCUT2D eigenvalue weighted by molar-refractivity contribution is 0.367. The largest absolute Gasteiger partial charge is 0.481 e. The van der Waals surface area contributed by atoms with Gasteiger partial charge in [0.05, 0.1) is 18.4 Å². The summed E-state index contributed by atoms with van der Waals surface area (Å²) >= 11 is 0. The summed E-state index contributed by atoms with van der Waals surface area (Å²) in [5.41, 5.74) is 3.22. The third-order valence-corrected chi connectivity index (χ3v) is 4.69. The third kappa shape index (κ3) is 3.53. The van der Waals surface area contributed by atoms with Crippen molar-refractivity contribution in [2.24, 2.45) is 13.0 Å². The third-order valence-electron chi connectivity index (χ3n) is 4.69. The molecule has 0 amide bonds. The highest BCUT2D eigenvalue weighted by Crippen LogP contribution is 2.24. The van der Waals surface area contributed by atoms with Crippen LogP contribution in [0.5, 0.6) is 5.88 Å². The van der Waals surface area contributed by atoms with Crippen LogP contribution in [0.2, 0.25) is 0 Å². The molecule has 1 atom stereocenters. The van der Waals surface area contributed by atoms with E-state index < -0.39 is 0 Å². The molecule has 2 aromatic rings. The Hall–Kier alpha value is -2.08. The molecule has 6 heteroatoms. The van der Waals surface area contributed by atoms with E-state index in [2.05, 4.69) is 15.3 Å². The second kappa shape index (κ2) is 7.21. The van der Waals surface area contributed by atoms with Crippen LogP contribution in [-0.4, -0.2) is 36.5 Å². The molecule has 1 aromatic heterocycles. The maximum Gasteiger partial charge on any atom is 0.216 e. The molecule has 0 spiro atoms. The topological polar surface area (TPSA) is 42.3 Å². The lowest BCUT2D eigenvalue weighted by Crippen LogP contribution is -2.26. The van der Waals surface area contributed by atoms with Gasteiger partial charge in [-0.2, -0.15) is 5.10 Å². The quantitative estimate of drug-likeness (QED) is 0.882. The van der Waals surface area contributed by atoms with Crippen LogP contribution in [0.1, 0.15) is 17.7 Å². The van der Waals surface area contributed by atoms with Gasteiger partial charge in [0.25, 0.3) is 0 Å². The van der Waals surface area contributed by atoms with Crippen LogP contribution in [0.3, 0.4) is 0 Å². The zero-order valence-electron chi connectivity index (χ0n) is 14.6. The van der Waals surface area contributed by atoms with Crippen molar-refractivity contribution in [3.05, 3.63) is 41.3 Å². The minimum Gasteiger partial charge on any atom is -0.481 e. The van der Waals surface area contributed by atoms with E-state index in [1.807, 2.05) is 26.1 Å². The van der Waals surface area contributed by atoms with Crippen molar-refractivity contribution in [3.63, 3.8) is 0 Å². The number of ether oxygens (including phenoxy) is 1. The number of halogens is 1. The molecule has 0 saturated carbocycles. The molecule has 2 heterocycles. The van der Waals surface area contributed by atoms with E-state index in [9.17, 15) is 4.39 Å². The summed E-state index contributed by atoms with van der Waals surface area (Å²) in [5.74, 6) is 1.23. The molecule has 1 aromatic carbocycles. The molecule has 1 saturated heterocycles. The van der Waals surface area contributed by atoms with Gasteiger partial charge in [0, 0.05) is 38.9 Å². The Morgan fingerprint density at radius 3 is 2.79 bits per heavy atom. The summed E-state index contributed by atoms with van der Waals surface area (Å²) < 4.78 is 20.2. The average Bonchev–Trinajstić information content (AvgIpc) is 3.13. The van der Waals surface area contributed by atoms with E-state index in [0.29, 0.717) is 5.92 Å². The molecule has 5 nitrogen and oxygen atoms in total. The van der Waals surface area contributed by atoms with Crippen LogP contribution in [-0.2, 0) is 13.6 Å². The fourth-order valence-electron chi connectivity index (χ4n) is 3.43. The minimum atomic E-state index is -0.183. The lowest BCUT2D eigenvalue weighted by atomic mass is 10.1. The summed E-state index contributed by atoms with van der Waals surface area (Å²) in [6.07, 6.45) is 1.15. The Labute approximate surface area is 142 Å². The number of aryl methyl sites for hydroxylation is 2. The first kappa shape index (κ1) is 16.8. The van der Waals surface area contributed by atoms with Gasteiger partial charge in [-0.3, -0.25) is 0 Å². The van der Waals surface area contributed by atoms with Gasteiger partial charge >= 0.3 is 0 Å². The first-order valence-corrected chi connectivity index (χ1v) is 8.36. The molecule has 1 aliphatic rings. The molecule has 24 heavy (non-hydrogen) atoms. The highest BCUT2D eigenvalue weighted by Gasteiger charge is 2.23. The zero-order chi connectivity index (χ0) is 17.1. The standard InChI is InChI=1S/C18H25FN4O/c1-13-17(18(24-3)22(2)21-13)11-20-10-14-8-9-23(12-14)16-6-4-15(19)5-7-16/h4-7,14,20H,8-12H2,1-3H3/t14-/m1/s1. The number of nitrogens with one attached hydrogen (secondary N) is 1. The van der Waals surface area contributed by atoms with E-state index in [1.165, 1.54) is 12.1 Å². The second-order valence-corrected chi connectivity index (χ2v) is 6.40. The van der Waals surface area contributed by atoms with E-state index >= 15 is 0 Å². The number of nitrogens with zero attached hydrogens (tertiary/aromatic N) is 3. The van der Waals surface area contributed by atoms with Gasteiger partial charge in [-0.15, -0.1) is 0 Å². The number of methoxy groups -OCH3 is 1. The Bertz CT molecular complexity index is 683. The number of rotatable bonds is 6. The Morgan fingerprint density at radius 2 is 2.08 bits per heavy atom. The summed E-state index contributed by atoms with van der Waals surface area (Å²) in [5, 5.41) is 7.94. The van der Waals surface area contributed by atoms with E-state index in [1.54, 1.807) is 11.8 Å². The number of hydrogen-bond acceptors (Lipinski definition) is 4. The number of anilines is 1. The monoisotopic (exact) mass is 332 g/mol. The van der Waals surface area contributed by atoms with Gasteiger partial charge < -0.3 is 15.0 Å². The summed E-state index contributed by atoms with van der Waals surface area (Å²) in [7, 11) is 3.57. The molecule has 0 radical (unpaired) electrons. The molecule has 0 unspecified atom stereocenters. The van der Waals surface area contributed by atoms with E-state index in [-0.39, 0.29) is 5.82 Å². The van der Waals surface area contributed by atoms with Crippen LogP contribution in [0.4, 0.5) is 10.1 Å². The van der Waals surface area contributed by atoms with E-state index in [4.69, 9.17) is 4.74 Å². The van der Waals surface area contributed by atoms with Crippen molar-refractivity contribution in [2.45, 2.75) is 19.9 Å². The van der Waals surface area contributed by atoms with Crippen molar-refractivity contribution in [2.75, 3.05) is 31.6 Å². The van der Waals surface area contributed by atoms with Crippen molar-refractivity contribution < 1.29 is 9.13 Å². The second-order valence-electron chi connectivity index (χ2n) is 6.40. The summed E-state index contributed by atoms with van der Waals surface area (Å²) in [6.45, 7) is 5.74. The Morgan fingerprint density at radius 1 is 1.33 bits per heavy atom. The molecule has 1 aliphatic heterocycles. The minimum absolute atomic E-state index is 0.183. The van der Waals surface area contributed by atoms with Gasteiger partial charge in [-0.25, -0.2) is 9.07 Å². The highest BCUT2D eigenvalue weighted by atomic mass is 19.1. The maximum absolute atomic E-state index is 13.0. The summed E-state index contributed by atoms with van der Waals surface area (Å²) in [4.78, 5) is 2.32. The van der Waals surface area contributed by atoms with Crippen molar-refractivity contribution in [1.82, 2.24) is 15.1 Å². The lowest BCUT2D eigenvalue weighted by Gasteiger charge is -2.19. The number of aromatic nitrogens is 2. The van der Waals surface area contributed by atoms with Gasteiger partial charge in [-0.1, -0.05) is 0 Å². The van der Waals surface area contributed by atoms with Gasteiger partial charge in [-0.05, 0) is 43.5 Å². The highest BCUT2D eigenvalue weighted by molar-refractivity contribution is 5.47. The van der Waals surface area contributed by atoms with Crippen LogP contribution < -0.4 is 15.0 Å². The van der Waals surface area contributed by atoms with E-state index in [0.717, 1.165) is 55.4 Å². The van der Waals surface area contributed by atoms with Crippen LogP contribution in [0, 0.1) is 18.7 Å². The fourth-order valence-corrected chi connectivity index (χ4v) is 3.43. The first-order chi connectivity index (χ1) is 11.6. The maximum atomic E-state index is 13.0. The summed E-state index contributed by atoms with van der Waals surface area (Å²) in [6, 6.07) is 6.76. The zero-order valence-corrected chi connectivity index (χ0v) is 14.6. The fraction of sp³-hybridized carbons (Fsp3) is 0.500. The van der Waals surface area contributed by atoms with Crippen molar-refractivity contribution in [3.8, 4) is 5.88 Å². The van der Waals surface area contributed by atoms with Gasteiger partial charge in [0.2, 0.25) is 5.88 Å². The Balaban J connectivity index is 1.51. The molecular formula is C18H25FN4O. The molecule has 1 fully saturated rings. The number of hydrogen-bond donors (Lipinski definition) is 1. The van der Waals surface area contributed by atoms with Crippen molar-refractivity contribution in [1.29, 1.82) is 0 Å². The molecule has 0 aliphatic carbocycles. The smallest absolute Gasteiger partial charge is 0.216 e. The first-order valence-electron chi connectivity index (χ1n) is 8.36. The van der Waals surface area contributed by atoms with Crippen LogP contribution in [0.25, 0.3) is 0 Å². The predicted octanol–water partition coefficient (Wildman–Crippen LogP) is 2.49. The van der Waals surface area contributed by atoms with Gasteiger partial charge in [0.15, 0.2) is 0 Å². The van der Waals surface area contributed by atoms with Gasteiger partial charge in [0.1, 0.15) is 5.82 Å². The number of benzene rings is 1. The molecule has 1 N–H and O–H groups in total. The Kier molecular flexibility index (Phi) is 5.04. The average molecular weight is 332 g/mol. The van der Waals surface area contributed by atoms with Crippen LogP contribution >= 0.6 is 0 Å². The predicted molar refractivity (Wildman–Crippen MR) is 92.9 cm³/mol. The SMILES string of the molecule is COc1c(CNC[C@H]2CCN(c3ccc(F)cc3)C2)c(C)nn1C. The molecule has 0 bridgehead atoms. The molecule has 3 rings (SSSR count). The van der Waals surface area contributed by atoms with Crippen molar-refractivity contribution >= 4 is 5.69 Å². The van der Waals surface area contributed by atoms with Crippen LogP contribution in [0.15, 0.2) is 24.3 Å². The normalized spacial score (nSPS) is 17.5. The molecule has 130 valence electrons.